The molecule has 29 heavy (non-hydrogen) atoms. The average Bonchev–Trinajstić information content (AvgIpc) is 3.12. The first-order valence-corrected chi connectivity index (χ1v) is 9.51. The summed E-state index contributed by atoms with van der Waals surface area (Å²) in [6.07, 6.45) is 0.265. The number of rotatable bonds is 6. The second kappa shape index (κ2) is 8.19. The molecule has 0 saturated heterocycles. The van der Waals surface area contributed by atoms with Crippen LogP contribution in [-0.2, 0) is 29.0 Å². The Labute approximate surface area is 169 Å². The van der Waals surface area contributed by atoms with Crippen LogP contribution in [0.15, 0.2) is 72.8 Å². The highest BCUT2D eigenvalue weighted by molar-refractivity contribution is 5.80. The van der Waals surface area contributed by atoms with Crippen LogP contribution < -0.4 is 5.32 Å². The van der Waals surface area contributed by atoms with Crippen molar-refractivity contribution in [3.8, 4) is 11.1 Å². The Bertz CT molecular complexity index is 1050. The Morgan fingerprint density at radius 3 is 2.45 bits per heavy atom. The van der Waals surface area contributed by atoms with Gasteiger partial charge in [0.05, 0.1) is 0 Å². The first kappa shape index (κ1) is 18.7. The summed E-state index contributed by atoms with van der Waals surface area (Å²) in [5.74, 6) is -1.10. The van der Waals surface area contributed by atoms with Gasteiger partial charge in [-0.1, -0.05) is 72.8 Å². The minimum absolute atomic E-state index is 0.0979. The van der Waals surface area contributed by atoms with Crippen molar-refractivity contribution in [2.75, 3.05) is 0 Å². The summed E-state index contributed by atoms with van der Waals surface area (Å²) in [6.45, 7) is 0.0979. The summed E-state index contributed by atoms with van der Waals surface area (Å²) in [4.78, 5) is 23.8. The van der Waals surface area contributed by atoms with E-state index in [9.17, 15) is 14.7 Å². The van der Waals surface area contributed by atoms with Crippen LogP contribution in [0.25, 0.3) is 11.1 Å². The largest absolute Gasteiger partial charge is 0.480 e. The molecule has 2 N–H and O–H groups in total. The van der Waals surface area contributed by atoms with Gasteiger partial charge in [-0.25, -0.2) is 9.59 Å². The van der Waals surface area contributed by atoms with Crippen LogP contribution in [0.1, 0.15) is 22.3 Å². The average molecular weight is 387 g/mol. The van der Waals surface area contributed by atoms with E-state index in [1.807, 2.05) is 54.6 Å². The first-order chi connectivity index (χ1) is 14.1. The molecule has 0 unspecified atom stereocenters. The summed E-state index contributed by atoms with van der Waals surface area (Å²) in [5, 5.41) is 11.9. The van der Waals surface area contributed by atoms with E-state index >= 15 is 0 Å². The van der Waals surface area contributed by atoms with Crippen molar-refractivity contribution in [3.05, 3.63) is 95.1 Å². The number of hydrogen-bond donors (Lipinski definition) is 2. The van der Waals surface area contributed by atoms with Crippen LogP contribution in [0.5, 0.6) is 0 Å². The molecule has 0 heterocycles. The SMILES string of the molecule is O=C(N[C@@H](Cc1ccccc1)C(=O)O)OCc1cccc2c1Cc1ccccc1-2. The van der Waals surface area contributed by atoms with Crippen molar-refractivity contribution in [1.82, 2.24) is 5.32 Å². The zero-order chi connectivity index (χ0) is 20.2. The number of fused-ring (bicyclic) bond motifs is 3. The monoisotopic (exact) mass is 387 g/mol. The fraction of sp³-hybridized carbons (Fsp3) is 0.167. The van der Waals surface area contributed by atoms with Gasteiger partial charge in [-0.3, -0.25) is 0 Å². The lowest BCUT2D eigenvalue weighted by Crippen LogP contribution is -2.42. The number of amides is 1. The molecule has 0 aliphatic heterocycles. The second-order valence-electron chi connectivity index (χ2n) is 7.08. The molecule has 1 aliphatic rings. The summed E-state index contributed by atoms with van der Waals surface area (Å²) in [7, 11) is 0. The number of carboxylic acid groups (broad SMARTS) is 1. The minimum Gasteiger partial charge on any atom is -0.480 e. The van der Waals surface area contributed by atoms with E-state index in [0.29, 0.717) is 0 Å². The number of carboxylic acids is 1. The molecule has 0 fully saturated rings. The van der Waals surface area contributed by atoms with E-state index in [4.69, 9.17) is 4.74 Å². The minimum atomic E-state index is -1.10. The Balaban J connectivity index is 1.41. The fourth-order valence-electron chi connectivity index (χ4n) is 3.74. The third kappa shape index (κ3) is 4.14. The number of aliphatic carboxylic acids is 1. The molecule has 0 bridgehead atoms. The molecule has 1 atom stereocenters. The zero-order valence-electron chi connectivity index (χ0n) is 15.8. The number of nitrogens with one attached hydrogen (secondary N) is 1. The van der Waals surface area contributed by atoms with Gasteiger partial charge in [-0.2, -0.15) is 0 Å². The quantitative estimate of drug-likeness (QED) is 0.520. The van der Waals surface area contributed by atoms with Crippen LogP contribution in [-0.4, -0.2) is 23.2 Å². The Morgan fingerprint density at radius 2 is 1.66 bits per heavy atom. The molecule has 4 rings (SSSR count). The van der Waals surface area contributed by atoms with Crippen molar-refractivity contribution in [2.24, 2.45) is 0 Å². The highest BCUT2D eigenvalue weighted by atomic mass is 16.5. The molecule has 5 nitrogen and oxygen atoms in total. The molecule has 0 aromatic heterocycles. The number of ether oxygens (including phenoxy) is 1. The predicted molar refractivity (Wildman–Crippen MR) is 110 cm³/mol. The van der Waals surface area contributed by atoms with Gasteiger partial charge in [-0.15, -0.1) is 0 Å². The lowest BCUT2D eigenvalue weighted by atomic mass is 10.0. The van der Waals surface area contributed by atoms with E-state index in [-0.39, 0.29) is 13.0 Å². The van der Waals surface area contributed by atoms with Crippen LogP contribution in [0.3, 0.4) is 0 Å². The second-order valence-corrected chi connectivity index (χ2v) is 7.08. The van der Waals surface area contributed by atoms with Gasteiger partial charge < -0.3 is 15.2 Å². The van der Waals surface area contributed by atoms with Crippen molar-refractivity contribution >= 4 is 12.1 Å². The zero-order valence-corrected chi connectivity index (χ0v) is 15.8. The van der Waals surface area contributed by atoms with E-state index in [2.05, 4.69) is 23.5 Å². The molecule has 3 aromatic rings. The summed E-state index contributed by atoms with van der Waals surface area (Å²) in [6, 6.07) is 22.3. The van der Waals surface area contributed by atoms with E-state index in [0.717, 1.165) is 28.7 Å². The Morgan fingerprint density at radius 1 is 0.931 bits per heavy atom. The highest BCUT2D eigenvalue weighted by Gasteiger charge is 2.23. The number of benzene rings is 3. The predicted octanol–water partition coefficient (Wildman–Crippen LogP) is 4.18. The molecular weight excluding hydrogens is 366 g/mol. The van der Waals surface area contributed by atoms with Crippen molar-refractivity contribution in [3.63, 3.8) is 0 Å². The number of alkyl carbamates (subject to hydrolysis) is 1. The summed E-state index contributed by atoms with van der Waals surface area (Å²) >= 11 is 0. The van der Waals surface area contributed by atoms with Gasteiger partial charge >= 0.3 is 12.1 Å². The summed E-state index contributed by atoms with van der Waals surface area (Å²) < 4.78 is 5.36. The third-order valence-electron chi connectivity index (χ3n) is 5.18. The van der Waals surface area contributed by atoms with E-state index in [1.165, 1.54) is 11.1 Å². The molecular formula is C24H21NO4. The fourth-order valence-corrected chi connectivity index (χ4v) is 3.74. The van der Waals surface area contributed by atoms with E-state index < -0.39 is 18.1 Å². The Kier molecular flexibility index (Phi) is 5.29. The molecule has 1 amide bonds. The third-order valence-corrected chi connectivity index (χ3v) is 5.18. The van der Waals surface area contributed by atoms with E-state index in [1.54, 1.807) is 0 Å². The van der Waals surface area contributed by atoms with Gasteiger partial charge in [0.2, 0.25) is 0 Å². The van der Waals surface area contributed by atoms with Gasteiger partial charge in [0.1, 0.15) is 12.6 Å². The van der Waals surface area contributed by atoms with Gasteiger partial charge in [-0.05, 0) is 39.8 Å². The maximum atomic E-state index is 12.2. The molecule has 3 aromatic carbocycles. The van der Waals surface area contributed by atoms with Crippen molar-refractivity contribution in [1.29, 1.82) is 0 Å². The number of carbonyl (C=O) groups is 2. The van der Waals surface area contributed by atoms with Gasteiger partial charge in [0.25, 0.3) is 0 Å². The number of hydrogen-bond acceptors (Lipinski definition) is 3. The van der Waals surface area contributed by atoms with Crippen molar-refractivity contribution in [2.45, 2.75) is 25.5 Å². The standard InChI is InChI=1S/C24H21NO4/c26-23(27)22(13-16-7-2-1-3-8-16)25-24(28)29-15-18-10-6-12-20-19-11-5-4-9-17(19)14-21(18)20/h1-12,22H,13-15H2,(H,25,28)(H,26,27)/t22-/m0/s1. The van der Waals surface area contributed by atoms with Crippen LogP contribution in [0.4, 0.5) is 4.79 Å². The summed E-state index contributed by atoms with van der Waals surface area (Å²) in [5.41, 5.74) is 6.55. The maximum Gasteiger partial charge on any atom is 0.408 e. The molecule has 146 valence electrons. The van der Waals surface area contributed by atoms with Crippen LogP contribution >= 0.6 is 0 Å². The van der Waals surface area contributed by atoms with Gasteiger partial charge in [0, 0.05) is 6.42 Å². The first-order valence-electron chi connectivity index (χ1n) is 9.51. The smallest absolute Gasteiger partial charge is 0.408 e. The Hall–Kier alpha value is -3.60. The van der Waals surface area contributed by atoms with Crippen LogP contribution in [0, 0.1) is 0 Å². The molecule has 1 aliphatic carbocycles. The lowest BCUT2D eigenvalue weighted by Gasteiger charge is -2.15. The number of carbonyl (C=O) groups excluding carboxylic acids is 1. The molecule has 0 spiro atoms. The maximum absolute atomic E-state index is 12.2. The highest BCUT2D eigenvalue weighted by Crippen LogP contribution is 2.38. The topological polar surface area (TPSA) is 75.6 Å². The normalized spacial score (nSPS) is 12.6. The van der Waals surface area contributed by atoms with Crippen molar-refractivity contribution < 1.29 is 19.4 Å². The lowest BCUT2D eigenvalue weighted by molar-refractivity contribution is -0.139. The molecule has 0 radical (unpaired) electrons. The van der Waals surface area contributed by atoms with Crippen LogP contribution in [0.2, 0.25) is 0 Å². The van der Waals surface area contributed by atoms with Gasteiger partial charge in [0.15, 0.2) is 0 Å². The molecule has 5 heteroatoms. The molecule has 0 saturated carbocycles.